The summed E-state index contributed by atoms with van der Waals surface area (Å²) in [4.78, 5) is 25.1. The summed E-state index contributed by atoms with van der Waals surface area (Å²) in [5.74, 6) is 2.19. The first-order valence-corrected chi connectivity index (χ1v) is 10.7. The van der Waals surface area contributed by atoms with Crippen molar-refractivity contribution in [1.29, 1.82) is 0 Å². The van der Waals surface area contributed by atoms with Crippen LogP contribution in [0.5, 0.6) is 0 Å². The molecule has 1 atom stereocenters. The fourth-order valence-corrected chi connectivity index (χ4v) is 4.44. The highest BCUT2D eigenvalue weighted by atomic mass is 16.5. The molecule has 2 aliphatic heterocycles. The van der Waals surface area contributed by atoms with Gasteiger partial charge >= 0.3 is 0 Å². The van der Waals surface area contributed by atoms with Crippen LogP contribution >= 0.6 is 0 Å². The Morgan fingerprint density at radius 2 is 2.13 bits per heavy atom. The number of ether oxygens (including phenoxy) is 1. The van der Waals surface area contributed by atoms with Crippen LogP contribution < -0.4 is 5.32 Å². The standard InChI is InChI=1S/C21H30N6O3/c1-15(28)26-11-6-17(7-12-26)27-10-3-4-18(27)21-24-20(25-30-21)16-5-8-22-19(14-16)23-9-13-29-2/h5,8,14,17-18H,3-4,6-7,9-13H2,1-2H3,(H,22,23). The average molecular weight is 415 g/mol. The number of carbonyl (C=O) groups is 1. The molecule has 30 heavy (non-hydrogen) atoms. The van der Waals surface area contributed by atoms with Crippen LogP contribution in [0.25, 0.3) is 11.4 Å². The number of amides is 1. The number of rotatable bonds is 7. The highest BCUT2D eigenvalue weighted by Crippen LogP contribution is 2.36. The minimum atomic E-state index is 0.154. The number of hydrogen-bond donors (Lipinski definition) is 1. The van der Waals surface area contributed by atoms with Gasteiger partial charge < -0.3 is 19.5 Å². The molecule has 0 aliphatic carbocycles. The molecule has 0 saturated carbocycles. The van der Waals surface area contributed by atoms with Crippen LogP contribution in [0.3, 0.4) is 0 Å². The van der Waals surface area contributed by atoms with Gasteiger partial charge in [-0.1, -0.05) is 5.16 Å². The van der Waals surface area contributed by atoms with Crippen molar-refractivity contribution in [2.75, 3.05) is 45.2 Å². The number of anilines is 1. The van der Waals surface area contributed by atoms with Gasteiger partial charge in [-0.3, -0.25) is 9.69 Å². The van der Waals surface area contributed by atoms with Gasteiger partial charge in [-0.2, -0.15) is 4.98 Å². The van der Waals surface area contributed by atoms with Gasteiger partial charge in [0, 0.05) is 51.5 Å². The average Bonchev–Trinajstić information content (AvgIpc) is 3.44. The third-order valence-electron chi connectivity index (χ3n) is 6.03. The molecular formula is C21H30N6O3. The predicted molar refractivity (Wildman–Crippen MR) is 112 cm³/mol. The molecule has 4 heterocycles. The van der Waals surface area contributed by atoms with E-state index in [1.54, 1.807) is 20.2 Å². The molecule has 2 saturated heterocycles. The quantitative estimate of drug-likeness (QED) is 0.690. The van der Waals surface area contributed by atoms with Crippen LogP contribution in [0.2, 0.25) is 0 Å². The third kappa shape index (κ3) is 4.62. The van der Waals surface area contributed by atoms with E-state index in [9.17, 15) is 4.79 Å². The molecule has 4 rings (SSSR count). The number of pyridine rings is 1. The van der Waals surface area contributed by atoms with Crippen molar-refractivity contribution in [3.63, 3.8) is 0 Å². The van der Waals surface area contributed by atoms with E-state index < -0.39 is 0 Å². The Hall–Kier alpha value is -2.52. The van der Waals surface area contributed by atoms with Crippen molar-refractivity contribution in [3.8, 4) is 11.4 Å². The minimum Gasteiger partial charge on any atom is -0.383 e. The monoisotopic (exact) mass is 414 g/mol. The molecule has 9 heteroatoms. The Bertz CT molecular complexity index is 849. The van der Waals surface area contributed by atoms with E-state index in [4.69, 9.17) is 14.2 Å². The molecule has 0 radical (unpaired) electrons. The first-order valence-electron chi connectivity index (χ1n) is 10.7. The van der Waals surface area contributed by atoms with Crippen molar-refractivity contribution in [2.24, 2.45) is 0 Å². The fourth-order valence-electron chi connectivity index (χ4n) is 4.44. The van der Waals surface area contributed by atoms with Gasteiger partial charge in [-0.25, -0.2) is 4.98 Å². The molecule has 2 aliphatic rings. The van der Waals surface area contributed by atoms with E-state index in [1.807, 2.05) is 17.0 Å². The molecule has 9 nitrogen and oxygen atoms in total. The number of nitrogens with zero attached hydrogens (tertiary/aromatic N) is 5. The van der Waals surface area contributed by atoms with Crippen LogP contribution in [0, 0.1) is 0 Å². The van der Waals surface area contributed by atoms with E-state index in [2.05, 4.69) is 20.4 Å². The van der Waals surface area contributed by atoms with Crippen LogP contribution in [-0.4, -0.2) is 76.8 Å². The maximum atomic E-state index is 11.6. The first-order chi connectivity index (χ1) is 14.7. The molecule has 0 bridgehead atoms. The molecular weight excluding hydrogens is 384 g/mol. The molecule has 162 valence electrons. The molecule has 1 amide bonds. The summed E-state index contributed by atoms with van der Waals surface area (Å²) >= 11 is 0. The van der Waals surface area contributed by atoms with E-state index in [1.165, 1.54) is 0 Å². The number of nitrogens with one attached hydrogen (secondary N) is 1. The molecule has 2 aromatic rings. The van der Waals surface area contributed by atoms with Crippen molar-refractivity contribution in [1.82, 2.24) is 24.9 Å². The largest absolute Gasteiger partial charge is 0.383 e. The maximum Gasteiger partial charge on any atom is 0.244 e. The number of hydrogen-bond acceptors (Lipinski definition) is 8. The molecule has 2 aromatic heterocycles. The summed E-state index contributed by atoms with van der Waals surface area (Å²) in [5.41, 5.74) is 0.874. The number of likely N-dealkylation sites (tertiary alicyclic amines) is 2. The van der Waals surface area contributed by atoms with E-state index in [-0.39, 0.29) is 11.9 Å². The lowest BCUT2D eigenvalue weighted by Crippen LogP contribution is -2.46. The Balaban J connectivity index is 1.43. The zero-order valence-electron chi connectivity index (χ0n) is 17.7. The van der Waals surface area contributed by atoms with Gasteiger partial charge in [0.15, 0.2) is 0 Å². The SMILES string of the molecule is COCCNc1cc(-c2noc(C3CCCN3C3CCN(C(C)=O)CC3)n2)ccn1. The topological polar surface area (TPSA) is 96.6 Å². The van der Waals surface area contributed by atoms with E-state index in [0.717, 1.165) is 56.7 Å². The Labute approximate surface area is 176 Å². The molecule has 0 aromatic carbocycles. The normalized spacial score (nSPS) is 20.6. The Morgan fingerprint density at radius 3 is 2.90 bits per heavy atom. The Kier molecular flexibility index (Phi) is 6.59. The summed E-state index contributed by atoms with van der Waals surface area (Å²) in [7, 11) is 1.67. The maximum absolute atomic E-state index is 11.6. The van der Waals surface area contributed by atoms with Gasteiger partial charge in [0.05, 0.1) is 12.6 Å². The zero-order chi connectivity index (χ0) is 20.9. The second kappa shape index (κ2) is 9.53. The molecule has 1 unspecified atom stereocenters. The van der Waals surface area contributed by atoms with Gasteiger partial charge in [-0.05, 0) is 44.4 Å². The zero-order valence-corrected chi connectivity index (χ0v) is 17.7. The van der Waals surface area contributed by atoms with Crippen molar-refractivity contribution in [2.45, 2.75) is 44.7 Å². The molecule has 1 N–H and O–H groups in total. The van der Waals surface area contributed by atoms with Crippen molar-refractivity contribution in [3.05, 3.63) is 24.2 Å². The number of aromatic nitrogens is 3. The van der Waals surface area contributed by atoms with Crippen LogP contribution in [0.4, 0.5) is 5.82 Å². The second-order valence-electron chi connectivity index (χ2n) is 7.94. The highest BCUT2D eigenvalue weighted by molar-refractivity contribution is 5.73. The van der Waals surface area contributed by atoms with Gasteiger partial charge in [-0.15, -0.1) is 0 Å². The van der Waals surface area contributed by atoms with Crippen LogP contribution in [0.1, 0.15) is 44.5 Å². The first kappa shape index (κ1) is 20.7. The summed E-state index contributed by atoms with van der Waals surface area (Å²) in [6.07, 6.45) is 5.88. The summed E-state index contributed by atoms with van der Waals surface area (Å²) in [6, 6.07) is 4.43. The fraction of sp³-hybridized carbons (Fsp3) is 0.619. The highest BCUT2D eigenvalue weighted by Gasteiger charge is 2.37. The third-order valence-corrected chi connectivity index (χ3v) is 6.03. The Morgan fingerprint density at radius 1 is 1.30 bits per heavy atom. The summed E-state index contributed by atoms with van der Waals surface area (Å²) in [6.45, 7) is 5.64. The summed E-state index contributed by atoms with van der Waals surface area (Å²) in [5, 5.41) is 7.46. The number of carbonyl (C=O) groups excluding carboxylic acids is 1. The number of methoxy groups -OCH3 is 1. The van der Waals surface area contributed by atoms with E-state index >= 15 is 0 Å². The molecule has 0 spiro atoms. The van der Waals surface area contributed by atoms with Crippen LogP contribution in [0.15, 0.2) is 22.9 Å². The van der Waals surface area contributed by atoms with Crippen molar-refractivity contribution >= 4 is 11.7 Å². The lowest BCUT2D eigenvalue weighted by molar-refractivity contribution is -0.130. The van der Waals surface area contributed by atoms with Crippen molar-refractivity contribution < 1.29 is 14.1 Å². The summed E-state index contributed by atoms with van der Waals surface area (Å²) < 4.78 is 10.8. The second-order valence-corrected chi connectivity index (χ2v) is 7.94. The van der Waals surface area contributed by atoms with Crippen LogP contribution in [-0.2, 0) is 9.53 Å². The lowest BCUT2D eigenvalue weighted by atomic mass is 10.0. The number of piperidine rings is 1. The van der Waals surface area contributed by atoms with E-state index in [0.29, 0.717) is 30.9 Å². The lowest BCUT2D eigenvalue weighted by Gasteiger charge is -2.38. The van der Waals surface area contributed by atoms with Gasteiger partial charge in [0.1, 0.15) is 5.82 Å². The molecule has 2 fully saturated rings. The minimum absolute atomic E-state index is 0.154. The smallest absolute Gasteiger partial charge is 0.244 e. The predicted octanol–water partition coefficient (Wildman–Crippen LogP) is 2.34. The van der Waals surface area contributed by atoms with Gasteiger partial charge in [0.2, 0.25) is 17.6 Å². The van der Waals surface area contributed by atoms with Gasteiger partial charge in [0.25, 0.3) is 0 Å².